The molecule has 0 aromatic rings. The van der Waals surface area contributed by atoms with E-state index in [2.05, 4.69) is 29.4 Å². The van der Waals surface area contributed by atoms with Gasteiger partial charge in [0.2, 0.25) is 11.8 Å². The van der Waals surface area contributed by atoms with Crippen LogP contribution >= 0.6 is 15.9 Å². The first-order chi connectivity index (χ1) is 16.1. The number of aliphatic hydroxyl groups excluding tert-OH is 1. The summed E-state index contributed by atoms with van der Waals surface area (Å²) in [6.45, 7) is 13.7. The van der Waals surface area contributed by atoms with Gasteiger partial charge in [0, 0.05) is 17.4 Å². The Labute approximate surface area is 211 Å². The summed E-state index contributed by atoms with van der Waals surface area (Å²) in [7, 11) is 0. The van der Waals surface area contributed by atoms with Crippen LogP contribution in [0.4, 0.5) is 0 Å². The summed E-state index contributed by atoms with van der Waals surface area (Å²) in [5.74, 6) is -2.72. The third kappa shape index (κ3) is 4.22. The first-order valence-electron chi connectivity index (χ1n) is 12.4. The van der Waals surface area contributed by atoms with Crippen LogP contribution in [0, 0.1) is 17.8 Å². The first-order valence-corrected chi connectivity index (χ1v) is 13.4. The molecule has 3 rings (SSSR count). The predicted octanol–water partition coefficient (Wildman–Crippen LogP) is 2.52. The summed E-state index contributed by atoms with van der Waals surface area (Å²) >= 11 is 3.65. The highest BCUT2D eigenvalue weighted by Gasteiger charge is 2.77. The van der Waals surface area contributed by atoms with E-state index in [0.29, 0.717) is 13.0 Å². The molecule has 2 unspecified atom stereocenters. The normalized spacial score (nSPS) is 33.7. The maximum Gasteiger partial charge on any atom is 0.312 e. The zero-order chi connectivity index (χ0) is 25.4. The number of ether oxygens (including phenoxy) is 2. The van der Waals surface area contributed by atoms with E-state index in [1.165, 1.54) is 4.90 Å². The minimum atomic E-state index is -1.15. The largest absolute Gasteiger partial charge is 0.466 e. The number of rotatable bonds is 11. The molecule has 0 aliphatic carbocycles. The molecule has 2 bridgehead atoms. The van der Waals surface area contributed by atoms with Crippen LogP contribution in [0.15, 0.2) is 12.7 Å². The van der Waals surface area contributed by atoms with E-state index >= 15 is 0 Å². The van der Waals surface area contributed by atoms with Gasteiger partial charge in [-0.15, -0.1) is 6.58 Å². The minimum Gasteiger partial charge on any atom is -0.466 e. The van der Waals surface area contributed by atoms with E-state index in [1.54, 1.807) is 17.9 Å². The van der Waals surface area contributed by atoms with Crippen molar-refractivity contribution in [1.29, 1.82) is 0 Å². The van der Waals surface area contributed by atoms with Gasteiger partial charge in [-0.3, -0.25) is 14.4 Å². The van der Waals surface area contributed by atoms with E-state index in [-0.39, 0.29) is 41.8 Å². The molecular weight excluding hydrogens is 504 g/mol. The van der Waals surface area contributed by atoms with Crippen molar-refractivity contribution in [2.24, 2.45) is 17.8 Å². The lowest BCUT2D eigenvalue weighted by Gasteiger charge is -2.41. The summed E-state index contributed by atoms with van der Waals surface area (Å²) in [4.78, 5) is 44.4. The van der Waals surface area contributed by atoms with Gasteiger partial charge >= 0.3 is 5.97 Å². The number of carbonyl (C=O) groups is 3. The number of fused-ring (bicyclic) bond motifs is 1. The number of hydrogen-bond acceptors (Lipinski definition) is 6. The Morgan fingerprint density at radius 2 is 2.06 bits per heavy atom. The van der Waals surface area contributed by atoms with Crippen LogP contribution in [-0.2, 0) is 23.9 Å². The van der Waals surface area contributed by atoms with Crippen molar-refractivity contribution in [3.05, 3.63) is 12.7 Å². The van der Waals surface area contributed by atoms with E-state index in [9.17, 15) is 19.5 Å². The van der Waals surface area contributed by atoms with Crippen LogP contribution in [0.25, 0.3) is 0 Å². The Bertz CT molecular complexity index is 806. The van der Waals surface area contributed by atoms with Gasteiger partial charge in [0.25, 0.3) is 0 Å². The molecule has 0 aromatic carbocycles. The maximum atomic E-state index is 14.3. The third-order valence-corrected chi connectivity index (χ3v) is 8.53. The van der Waals surface area contributed by atoms with Gasteiger partial charge in [0.15, 0.2) is 0 Å². The van der Waals surface area contributed by atoms with Crippen LogP contribution < -0.4 is 0 Å². The number of aliphatic hydroxyl groups is 1. The number of likely N-dealkylation sites (tertiary alicyclic amines) is 1. The first kappa shape index (κ1) is 27.1. The average Bonchev–Trinajstić information content (AvgIpc) is 3.36. The summed E-state index contributed by atoms with van der Waals surface area (Å²) in [5, 5.41) is 10.3. The number of esters is 1. The molecule has 0 radical (unpaired) electrons. The molecule has 0 aromatic heterocycles. The van der Waals surface area contributed by atoms with Crippen molar-refractivity contribution in [2.45, 2.75) is 88.5 Å². The molecule has 8 atom stereocenters. The predicted molar refractivity (Wildman–Crippen MR) is 131 cm³/mol. The van der Waals surface area contributed by atoms with Crippen molar-refractivity contribution in [1.82, 2.24) is 9.80 Å². The molecule has 34 heavy (non-hydrogen) atoms. The highest BCUT2D eigenvalue weighted by Crippen LogP contribution is 2.61. The molecule has 0 saturated carbocycles. The highest BCUT2D eigenvalue weighted by molar-refractivity contribution is 9.09. The van der Waals surface area contributed by atoms with Gasteiger partial charge in [-0.05, 0) is 32.6 Å². The van der Waals surface area contributed by atoms with Gasteiger partial charge in [-0.25, -0.2) is 0 Å². The monoisotopic (exact) mass is 542 g/mol. The molecule has 3 fully saturated rings. The number of amides is 2. The molecular formula is C25H39BrN2O6. The third-order valence-electron chi connectivity index (χ3n) is 7.68. The fourth-order valence-corrected chi connectivity index (χ4v) is 7.13. The topological polar surface area (TPSA) is 96.4 Å². The second-order valence-corrected chi connectivity index (χ2v) is 11.2. The standard InChI is InChI=1S/C25H39BrN2O6/c1-7-10-15(6)27(11-8-2)23(31)21-25-12-16(26)20(34-25)18(24(32)33-9-3)19(25)22(30)28(21)17(13-29)14(4)5/h8,14-21,29H,2,7,9-13H2,1,3-6H3/t15?,16?,17-,18+,19-,20+,21+,25-/m0/s1. The second kappa shape index (κ2) is 10.7. The summed E-state index contributed by atoms with van der Waals surface area (Å²) in [6, 6.07) is -1.57. The van der Waals surface area contributed by atoms with Crippen LogP contribution in [0.2, 0.25) is 0 Å². The minimum absolute atomic E-state index is 0.0613. The molecule has 1 spiro atoms. The molecule has 192 valence electrons. The Morgan fingerprint density at radius 1 is 1.38 bits per heavy atom. The number of halogens is 1. The van der Waals surface area contributed by atoms with Crippen LogP contribution in [-0.4, -0.2) is 87.1 Å². The van der Waals surface area contributed by atoms with Crippen molar-refractivity contribution < 1.29 is 29.0 Å². The lowest BCUT2D eigenvalue weighted by molar-refractivity contribution is -0.157. The molecule has 2 amide bonds. The van der Waals surface area contributed by atoms with E-state index in [0.717, 1.165) is 12.8 Å². The molecule has 3 heterocycles. The van der Waals surface area contributed by atoms with E-state index in [4.69, 9.17) is 9.47 Å². The fraction of sp³-hybridized carbons (Fsp3) is 0.800. The van der Waals surface area contributed by atoms with Crippen LogP contribution in [0.1, 0.15) is 53.9 Å². The van der Waals surface area contributed by atoms with Crippen molar-refractivity contribution in [3.8, 4) is 0 Å². The quantitative estimate of drug-likeness (QED) is 0.245. The summed E-state index contributed by atoms with van der Waals surface area (Å²) in [5.41, 5.74) is -1.15. The Kier molecular flexibility index (Phi) is 8.51. The Morgan fingerprint density at radius 3 is 2.59 bits per heavy atom. The Hall–Kier alpha value is -1.45. The number of hydrogen-bond donors (Lipinski definition) is 1. The van der Waals surface area contributed by atoms with Crippen molar-refractivity contribution >= 4 is 33.7 Å². The van der Waals surface area contributed by atoms with E-state index in [1.807, 2.05) is 20.8 Å². The molecule has 3 aliphatic rings. The van der Waals surface area contributed by atoms with Crippen LogP contribution in [0.3, 0.4) is 0 Å². The number of nitrogens with zero attached hydrogens (tertiary/aromatic N) is 2. The number of alkyl halides is 1. The van der Waals surface area contributed by atoms with Gasteiger partial charge in [0.05, 0.1) is 37.2 Å². The van der Waals surface area contributed by atoms with Crippen LogP contribution in [0.5, 0.6) is 0 Å². The zero-order valence-corrected chi connectivity index (χ0v) is 22.5. The molecule has 3 saturated heterocycles. The second-order valence-electron chi connectivity index (χ2n) is 10.1. The molecule has 8 nitrogen and oxygen atoms in total. The zero-order valence-electron chi connectivity index (χ0n) is 20.9. The van der Waals surface area contributed by atoms with Gasteiger partial charge < -0.3 is 24.4 Å². The van der Waals surface area contributed by atoms with Crippen molar-refractivity contribution in [2.75, 3.05) is 19.8 Å². The Balaban J connectivity index is 2.14. The lowest BCUT2D eigenvalue weighted by Crippen LogP contribution is -2.61. The van der Waals surface area contributed by atoms with Gasteiger partial charge in [0.1, 0.15) is 11.6 Å². The van der Waals surface area contributed by atoms with Gasteiger partial charge in [-0.2, -0.15) is 0 Å². The lowest BCUT2D eigenvalue weighted by atomic mass is 9.70. The smallest absolute Gasteiger partial charge is 0.312 e. The van der Waals surface area contributed by atoms with Crippen molar-refractivity contribution in [3.63, 3.8) is 0 Å². The SMILES string of the molecule is C=CCN(C(=O)[C@H]1N([C@@H](CO)C(C)C)C(=O)[C@@H]2[C@@H](C(=O)OCC)[C@@H]3O[C@@]21CC3Br)C(C)CCC. The fourth-order valence-electron chi connectivity index (χ4n) is 6.19. The maximum absolute atomic E-state index is 14.3. The molecule has 9 heteroatoms. The summed E-state index contributed by atoms with van der Waals surface area (Å²) < 4.78 is 11.8. The molecule has 3 aliphatic heterocycles. The number of carbonyl (C=O) groups excluding carboxylic acids is 3. The van der Waals surface area contributed by atoms with Gasteiger partial charge in [-0.1, -0.05) is 49.2 Å². The average molecular weight is 543 g/mol. The molecule has 1 N–H and O–H groups in total. The van der Waals surface area contributed by atoms with E-state index < -0.39 is 41.6 Å². The summed E-state index contributed by atoms with van der Waals surface area (Å²) in [6.07, 6.45) is 3.28. The highest BCUT2D eigenvalue weighted by atomic mass is 79.9.